The predicted molar refractivity (Wildman–Crippen MR) is 100 cm³/mol. The molecule has 140 valence electrons. The smallest absolute Gasteiger partial charge is 0.255 e. The minimum absolute atomic E-state index is 0.232. The van der Waals surface area contributed by atoms with E-state index in [-0.39, 0.29) is 5.91 Å². The number of hydrogen-bond acceptors (Lipinski definition) is 4. The predicted octanol–water partition coefficient (Wildman–Crippen LogP) is 1.29. The Morgan fingerprint density at radius 2 is 1.50 bits per heavy atom. The first-order valence-electron chi connectivity index (χ1n) is 8.44. The van der Waals surface area contributed by atoms with Crippen LogP contribution in [0.2, 0.25) is 0 Å². The third kappa shape index (κ3) is 4.67. The average molecular weight is 359 g/mol. The Bertz CT molecular complexity index is 742. The van der Waals surface area contributed by atoms with Crippen molar-refractivity contribution in [3.8, 4) is 17.2 Å². The van der Waals surface area contributed by atoms with Crippen molar-refractivity contribution in [1.82, 2.24) is 5.32 Å². The summed E-state index contributed by atoms with van der Waals surface area (Å²) >= 11 is 0. The molecule has 0 aliphatic heterocycles. The Morgan fingerprint density at radius 1 is 0.885 bits per heavy atom. The summed E-state index contributed by atoms with van der Waals surface area (Å²) in [6, 6.07) is 11.6. The van der Waals surface area contributed by atoms with E-state index >= 15 is 0 Å². The van der Waals surface area contributed by atoms with Gasteiger partial charge in [-0.3, -0.25) is 4.79 Å². The number of hydrogen-bond donors (Lipinski definition) is 2. The lowest BCUT2D eigenvalue weighted by atomic mass is 10.1. The van der Waals surface area contributed by atoms with Crippen LogP contribution in [0.4, 0.5) is 0 Å². The third-order valence-corrected chi connectivity index (χ3v) is 3.98. The van der Waals surface area contributed by atoms with Crippen molar-refractivity contribution in [1.29, 1.82) is 0 Å². The van der Waals surface area contributed by atoms with Crippen LogP contribution in [0.1, 0.15) is 21.5 Å². The number of benzene rings is 2. The molecule has 1 amide bonds. The second-order valence-electron chi connectivity index (χ2n) is 6.26. The normalized spacial score (nSPS) is 10.5. The topological polar surface area (TPSA) is 61.2 Å². The van der Waals surface area contributed by atoms with Crippen LogP contribution in [-0.2, 0) is 13.1 Å². The van der Waals surface area contributed by atoms with Gasteiger partial charge in [-0.2, -0.15) is 0 Å². The lowest BCUT2D eigenvalue weighted by Gasteiger charge is -2.15. The number of methoxy groups -OCH3 is 3. The highest BCUT2D eigenvalue weighted by Crippen LogP contribution is 2.39. The van der Waals surface area contributed by atoms with Gasteiger partial charge in [0.2, 0.25) is 5.75 Å². The summed E-state index contributed by atoms with van der Waals surface area (Å²) in [6.45, 7) is 1.40. The van der Waals surface area contributed by atoms with E-state index in [4.69, 9.17) is 14.2 Å². The molecule has 26 heavy (non-hydrogen) atoms. The molecule has 0 saturated heterocycles. The van der Waals surface area contributed by atoms with E-state index in [1.54, 1.807) is 19.2 Å². The van der Waals surface area contributed by atoms with Crippen LogP contribution >= 0.6 is 0 Å². The number of ether oxygens (including phenoxy) is 3. The van der Waals surface area contributed by atoms with Crippen LogP contribution < -0.4 is 24.4 Å². The number of quaternary nitrogens is 1. The van der Waals surface area contributed by atoms with E-state index in [0.29, 0.717) is 29.4 Å². The van der Waals surface area contributed by atoms with Crippen LogP contribution in [-0.4, -0.2) is 41.3 Å². The Labute approximate surface area is 154 Å². The molecule has 0 aliphatic rings. The van der Waals surface area contributed by atoms with Gasteiger partial charge in [-0.15, -0.1) is 0 Å². The maximum Gasteiger partial charge on any atom is 0.255 e. The van der Waals surface area contributed by atoms with Crippen molar-refractivity contribution in [2.75, 3.05) is 35.4 Å². The highest BCUT2D eigenvalue weighted by Gasteiger charge is 2.20. The summed E-state index contributed by atoms with van der Waals surface area (Å²) in [6.07, 6.45) is 0. The summed E-state index contributed by atoms with van der Waals surface area (Å²) in [4.78, 5) is 14.0. The summed E-state index contributed by atoms with van der Waals surface area (Å²) in [7, 11) is 8.78. The highest BCUT2D eigenvalue weighted by molar-refractivity contribution is 5.98. The van der Waals surface area contributed by atoms with Crippen LogP contribution in [0.15, 0.2) is 36.4 Å². The van der Waals surface area contributed by atoms with Crippen LogP contribution in [0, 0.1) is 0 Å². The fraction of sp³-hybridized carbons (Fsp3) is 0.350. The molecule has 0 unspecified atom stereocenters. The molecule has 0 aliphatic carbocycles. The van der Waals surface area contributed by atoms with E-state index in [1.807, 2.05) is 12.1 Å². The molecule has 0 atom stereocenters. The zero-order valence-electron chi connectivity index (χ0n) is 16.0. The van der Waals surface area contributed by atoms with E-state index in [2.05, 4.69) is 31.5 Å². The summed E-state index contributed by atoms with van der Waals surface area (Å²) in [5, 5.41) is 2.92. The zero-order chi connectivity index (χ0) is 19.1. The fourth-order valence-electron chi connectivity index (χ4n) is 2.74. The van der Waals surface area contributed by atoms with Crippen LogP contribution in [0.25, 0.3) is 0 Å². The lowest BCUT2D eigenvalue weighted by Crippen LogP contribution is -3.04. The molecule has 2 aromatic carbocycles. The summed E-state index contributed by atoms with van der Waals surface area (Å²) in [5.74, 6) is 1.04. The Morgan fingerprint density at radius 3 is 2.04 bits per heavy atom. The van der Waals surface area contributed by atoms with Gasteiger partial charge in [0.05, 0.1) is 41.0 Å². The molecule has 2 aromatic rings. The molecule has 0 aromatic heterocycles. The van der Waals surface area contributed by atoms with Crippen molar-refractivity contribution in [2.45, 2.75) is 13.1 Å². The first-order valence-corrected chi connectivity index (χ1v) is 8.44. The summed E-state index contributed by atoms with van der Waals surface area (Å²) < 4.78 is 15.9. The molecule has 0 fully saturated rings. The van der Waals surface area contributed by atoms with Crippen LogP contribution in [0.3, 0.4) is 0 Å². The van der Waals surface area contributed by atoms with Gasteiger partial charge in [0.25, 0.3) is 5.91 Å². The van der Waals surface area contributed by atoms with E-state index in [9.17, 15) is 4.79 Å². The molecule has 0 heterocycles. The van der Waals surface area contributed by atoms with Crippen molar-refractivity contribution in [3.05, 3.63) is 53.1 Å². The maximum absolute atomic E-state index is 12.6. The molecule has 0 bridgehead atoms. The molecule has 0 saturated carbocycles. The fourth-order valence-corrected chi connectivity index (χ4v) is 2.74. The number of amides is 1. The molecule has 0 spiro atoms. The van der Waals surface area contributed by atoms with Gasteiger partial charge in [0.15, 0.2) is 11.5 Å². The Hall–Kier alpha value is -2.73. The average Bonchev–Trinajstić information content (AvgIpc) is 2.65. The van der Waals surface area contributed by atoms with Gasteiger partial charge in [-0.25, -0.2) is 0 Å². The van der Waals surface area contributed by atoms with E-state index in [0.717, 1.165) is 12.1 Å². The van der Waals surface area contributed by atoms with Crippen molar-refractivity contribution in [2.24, 2.45) is 0 Å². The minimum Gasteiger partial charge on any atom is -0.493 e. The quantitative estimate of drug-likeness (QED) is 0.746. The number of rotatable bonds is 8. The first-order chi connectivity index (χ1) is 12.5. The summed E-state index contributed by atoms with van der Waals surface area (Å²) in [5.41, 5.74) is 2.70. The van der Waals surface area contributed by atoms with Gasteiger partial charge >= 0.3 is 0 Å². The third-order valence-electron chi connectivity index (χ3n) is 3.98. The molecule has 6 heteroatoms. The van der Waals surface area contributed by atoms with E-state index in [1.165, 1.54) is 24.7 Å². The zero-order valence-corrected chi connectivity index (χ0v) is 16.0. The number of carbonyl (C=O) groups is 1. The molecule has 0 radical (unpaired) electrons. The first kappa shape index (κ1) is 19.6. The minimum atomic E-state index is -0.232. The Kier molecular flexibility index (Phi) is 6.86. The maximum atomic E-state index is 12.6. The second kappa shape index (κ2) is 9.10. The number of nitrogens with one attached hydrogen (secondary N) is 2. The SMILES string of the molecule is COc1ccc(C(=O)NCc2ccc(C[NH+](C)C)cc2)c(OC)c1OC. The van der Waals surface area contributed by atoms with Gasteiger partial charge < -0.3 is 24.4 Å². The van der Waals surface area contributed by atoms with Crippen molar-refractivity contribution in [3.63, 3.8) is 0 Å². The molecular weight excluding hydrogens is 332 g/mol. The van der Waals surface area contributed by atoms with Crippen LogP contribution in [0.5, 0.6) is 17.2 Å². The lowest BCUT2D eigenvalue weighted by molar-refractivity contribution is -0.872. The molecule has 6 nitrogen and oxygen atoms in total. The monoisotopic (exact) mass is 359 g/mol. The van der Waals surface area contributed by atoms with Crippen molar-refractivity contribution < 1.29 is 23.9 Å². The van der Waals surface area contributed by atoms with Gasteiger partial charge in [-0.05, 0) is 17.7 Å². The number of carbonyl (C=O) groups excluding carboxylic acids is 1. The second-order valence-corrected chi connectivity index (χ2v) is 6.26. The molecule has 2 rings (SSSR count). The van der Waals surface area contributed by atoms with E-state index < -0.39 is 0 Å². The molecule has 2 N–H and O–H groups in total. The van der Waals surface area contributed by atoms with Gasteiger partial charge in [-0.1, -0.05) is 24.3 Å². The standard InChI is InChI=1S/C20H26N2O4/c1-22(2)13-15-8-6-14(7-9-15)12-21-20(23)16-10-11-17(24-3)19(26-5)18(16)25-4/h6-11H,12-13H2,1-5H3,(H,21,23)/p+1. The Balaban J connectivity index is 2.10. The van der Waals surface area contributed by atoms with Gasteiger partial charge in [0.1, 0.15) is 6.54 Å². The molecular formula is C20H27N2O4+. The highest BCUT2D eigenvalue weighted by atomic mass is 16.5. The van der Waals surface area contributed by atoms with Crippen molar-refractivity contribution >= 4 is 5.91 Å². The van der Waals surface area contributed by atoms with Gasteiger partial charge in [0, 0.05) is 12.1 Å². The largest absolute Gasteiger partial charge is 0.493 e.